The zero-order valence-corrected chi connectivity index (χ0v) is 12.6. The average molecular weight is 328 g/mol. The summed E-state index contributed by atoms with van der Waals surface area (Å²) in [6, 6.07) is 2.06. The van der Waals surface area contributed by atoms with Crippen LogP contribution in [0, 0.1) is 5.92 Å². The van der Waals surface area contributed by atoms with Gasteiger partial charge in [0.25, 0.3) is 0 Å². The lowest BCUT2D eigenvalue weighted by molar-refractivity contribution is 0.173. The van der Waals surface area contributed by atoms with Crippen LogP contribution in [-0.4, -0.2) is 27.0 Å². The molecule has 2 aliphatic heterocycles. The standard InChI is InChI=1S/C14H18BrNO3/c1-17-13-10(6-9-2-4-16-5-3-9)7-11-14(12(13)15)19-8-18-11/h7,9,16H,2-6,8H2,1H3. The first kappa shape index (κ1) is 13.1. The smallest absolute Gasteiger partial charge is 0.231 e. The molecule has 0 aliphatic carbocycles. The lowest BCUT2D eigenvalue weighted by atomic mass is 9.90. The lowest BCUT2D eigenvalue weighted by Gasteiger charge is -2.23. The maximum Gasteiger partial charge on any atom is 0.231 e. The Bertz CT molecular complexity index is 472. The molecule has 2 aliphatic rings. The SMILES string of the molecule is COc1c(CC2CCNCC2)cc2c(c1Br)OCO2. The number of nitrogens with one attached hydrogen (secondary N) is 1. The van der Waals surface area contributed by atoms with Crippen LogP contribution in [0.5, 0.6) is 17.2 Å². The van der Waals surface area contributed by atoms with Crippen LogP contribution in [-0.2, 0) is 6.42 Å². The lowest BCUT2D eigenvalue weighted by Crippen LogP contribution is -2.28. The van der Waals surface area contributed by atoms with Crippen molar-refractivity contribution in [3.05, 3.63) is 16.1 Å². The van der Waals surface area contributed by atoms with Crippen LogP contribution in [0.3, 0.4) is 0 Å². The molecule has 1 saturated heterocycles. The first-order valence-electron chi connectivity index (χ1n) is 6.65. The number of fused-ring (bicyclic) bond motifs is 1. The number of methoxy groups -OCH3 is 1. The molecule has 3 rings (SSSR count). The summed E-state index contributed by atoms with van der Waals surface area (Å²) in [4.78, 5) is 0. The number of hydrogen-bond donors (Lipinski definition) is 1. The molecule has 0 saturated carbocycles. The minimum Gasteiger partial charge on any atom is -0.495 e. The first-order valence-corrected chi connectivity index (χ1v) is 7.44. The van der Waals surface area contributed by atoms with E-state index in [9.17, 15) is 0 Å². The van der Waals surface area contributed by atoms with E-state index in [1.807, 2.05) is 0 Å². The number of piperidine rings is 1. The number of halogens is 1. The molecule has 5 heteroatoms. The predicted octanol–water partition coefficient (Wildman–Crippen LogP) is 2.73. The predicted molar refractivity (Wildman–Crippen MR) is 76.1 cm³/mol. The molecule has 0 amide bonds. The summed E-state index contributed by atoms with van der Waals surface area (Å²) in [5.41, 5.74) is 1.20. The zero-order chi connectivity index (χ0) is 13.2. The maximum absolute atomic E-state index is 5.54. The summed E-state index contributed by atoms with van der Waals surface area (Å²) < 4.78 is 17.4. The zero-order valence-electron chi connectivity index (χ0n) is 11.0. The maximum atomic E-state index is 5.54. The fourth-order valence-electron chi connectivity index (χ4n) is 2.80. The Labute approximate surface area is 121 Å². The van der Waals surface area contributed by atoms with Crippen molar-refractivity contribution >= 4 is 15.9 Å². The molecule has 0 spiro atoms. The van der Waals surface area contributed by atoms with Crippen LogP contribution in [0.4, 0.5) is 0 Å². The highest BCUT2D eigenvalue weighted by atomic mass is 79.9. The van der Waals surface area contributed by atoms with Crippen LogP contribution in [0.2, 0.25) is 0 Å². The van der Waals surface area contributed by atoms with E-state index in [-0.39, 0.29) is 6.79 Å². The van der Waals surface area contributed by atoms with Crippen molar-refractivity contribution in [2.24, 2.45) is 5.92 Å². The van der Waals surface area contributed by atoms with Gasteiger partial charge in [-0.3, -0.25) is 0 Å². The van der Waals surface area contributed by atoms with Crippen molar-refractivity contribution in [3.8, 4) is 17.2 Å². The summed E-state index contributed by atoms with van der Waals surface area (Å²) in [5.74, 6) is 3.16. The van der Waals surface area contributed by atoms with Gasteiger partial charge in [-0.05, 0) is 65.8 Å². The largest absolute Gasteiger partial charge is 0.495 e. The minimum absolute atomic E-state index is 0.286. The van der Waals surface area contributed by atoms with Crippen molar-refractivity contribution in [1.29, 1.82) is 0 Å². The quantitative estimate of drug-likeness (QED) is 0.926. The monoisotopic (exact) mass is 327 g/mol. The molecule has 0 unspecified atom stereocenters. The van der Waals surface area contributed by atoms with E-state index in [0.29, 0.717) is 5.92 Å². The summed E-state index contributed by atoms with van der Waals surface area (Å²) in [5, 5.41) is 3.40. The second kappa shape index (κ2) is 5.59. The highest BCUT2D eigenvalue weighted by Gasteiger charge is 2.25. The molecular formula is C14H18BrNO3. The molecule has 104 valence electrons. The van der Waals surface area contributed by atoms with E-state index in [1.54, 1.807) is 7.11 Å². The van der Waals surface area contributed by atoms with E-state index in [0.717, 1.165) is 41.2 Å². The van der Waals surface area contributed by atoms with Gasteiger partial charge in [-0.25, -0.2) is 0 Å². The summed E-state index contributed by atoms with van der Waals surface area (Å²) >= 11 is 3.57. The molecule has 4 nitrogen and oxygen atoms in total. The highest BCUT2D eigenvalue weighted by Crippen LogP contribution is 2.47. The van der Waals surface area contributed by atoms with Gasteiger partial charge in [-0.1, -0.05) is 0 Å². The molecule has 19 heavy (non-hydrogen) atoms. The van der Waals surface area contributed by atoms with Crippen molar-refractivity contribution in [2.45, 2.75) is 19.3 Å². The number of rotatable bonds is 3. The normalized spacial score (nSPS) is 18.6. The van der Waals surface area contributed by atoms with Crippen molar-refractivity contribution in [3.63, 3.8) is 0 Å². The van der Waals surface area contributed by atoms with E-state index < -0.39 is 0 Å². The van der Waals surface area contributed by atoms with Gasteiger partial charge >= 0.3 is 0 Å². The number of ether oxygens (including phenoxy) is 3. The van der Waals surface area contributed by atoms with Gasteiger partial charge in [0.05, 0.1) is 7.11 Å². The number of hydrogen-bond acceptors (Lipinski definition) is 4. The molecule has 1 aromatic carbocycles. The van der Waals surface area contributed by atoms with Crippen LogP contribution in [0.1, 0.15) is 18.4 Å². The Morgan fingerprint density at radius 3 is 2.89 bits per heavy atom. The molecule has 0 bridgehead atoms. The van der Waals surface area contributed by atoms with E-state index in [1.165, 1.54) is 18.4 Å². The Kier molecular flexibility index (Phi) is 3.84. The fraction of sp³-hybridized carbons (Fsp3) is 0.571. The molecule has 1 fully saturated rings. The molecule has 2 heterocycles. The average Bonchev–Trinajstić information content (AvgIpc) is 2.89. The highest BCUT2D eigenvalue weighted by molar-refractivity contribution is 9.10. The Balaban J connectivity index is 1.89. The van der Waals surface area contributed by atoms with Gasteiger partial charge in [0.2, 0.25) is 6.79 Å². The van der Waals surface area contributed by atoms with Crippen LogP contribution in [0.25, 0.3) is 0 Å². The molecule has 0 atom stereocenters. The third-order valence-electron chi connectivity index (χ3n) is 3.81. The fourth-order valence-corrected chi connectivity index (χ4v) is 3.53. The third kappa shape index (κ3) is 2.54. The van der Waals surface area contributed by atoms with Crippen molar-refractivity contribution < 1.29 is 14.2 Å². The van der Waals surface area contributed by atoms with E-state index in [2.05, 4.69) is 27.3 Å². The van der Waals surface area contributed by atoms with E-state index >= 15 is 0 Å². The summed E-state index contributed by atoms with van der Waals surface area (Å²) in [7, 11) is 1.70. The third-order valence-corrected chi connectivity index (χ3v) is 4.53. The Hall–Kier alpha value is -0.940. The van der Waals surface area contributed by atoms with Gasteiger partial charge in [0.1, 0.15) is 10.2 Å². The van der Waals surface area contributed by atoms with Crippen molar-refractivity contribution in [2.75, 3.05) is 27.0 Å². The Morgan fingerprint density at radius 2 is 2.16 bits per heavy atom. The van der Waals surface area contributed by atoms with Gasteiger partial charge in [0, 0.05) is 0 Å². The van der Waals surface area contributed by atoms with Crippen LogP contribution in [0.15, 0.2) is 10.5 Å². The van der Waals surface area contributed by atoms with Gasteiger partial charge in [-0.2, -0.15) is 0 Å². The topological polar surface area (TPSA) is 39.7 Å². The molecule has 0 aromatic heterocycles. The second-order valence-electron chi connectivity index (χ2n) is 5.01. The van der Waals surface area contributed by atoms with Crippen molar-refractivity contribution in [1.82, 2.24) is 5.32 Å². The molecular weight excluding hydrogens is 310 g/mol. The molecule has 0 radical (unpaired) electrons. The molecule has 1 N–H and O–H groups in total. The van der Waals surface area contributed by atoms with Gasteiger partial charge in [-0.15, -0.1) is 0 Å². The number of benzene rings is 1. The van der Waals surface area contributed by atoms with Gasteiger partial charge in [0.15, 0.2) is 11.5 Å². The summed E-state index contributed by atoms with van der Waals surface area (Å²) in [6.45, 7) is 2.51. The van der Waals surface area contributed by atoms with E-state index in [4.69, 9.17) is 14.2 Å². The second-order valence-corrected chi connectivity index (χ2v) is 5.81. The van der Waals surface area contributed by atoms with Crippen LogP contribution >= 0.6 is 15.9 Å². The molecule has 1 aromatic rings. The first-order chi connectivity index (χ1) is 9.29. The minimum atomic E-state index is 0.286. The Morgan fingerprint density at radius 1 is 1.37 bits per heavy atom. The van der Waals surface area contributed by atoms with Crippen LogP contribution < -0.4 is 19.5 Å². The van der Waals surface area contributed by atoms with Gasteiger partial charge < -0.3 is 19.5 Å². The summed E-state index contributed by atoms with van der Waals surface area (Å²) in [6.07, 6.45) is 3.46.